The number of methoxy groups -OCH3 is 1. The first-order valence-electron chi connectivity index (χ1n) is 8.15. The number of rotatable bonds is 12. The molecule has 0 bridgehead atoms. The number of carbonyl (C=O) groups excluding carboxylic acids is 6. The average Bonchev–Trinajstić information content (AvgIpc) is 2.59. The first kappa shape index (κ1) is 25.0. The van der Waals surface area contributed by atoms with Crippen LogP contribution < -0.4 is 10.6 Å². The summed E-state index contributed by atoms with van der Waals surface area (Å²) in [5.41, 5.74) is 0. The van der Waals surface area contributed by atoms with Gasteiger partial charge in [-0.2, -0.15) is 0 Å². The Bertz CT molecular complexity index is 604. The molecule has 0 rings (SSSR count). The van der Waals surface area contributed by atoms with Crippen molar-refractivity contribution in [1.82, 2.24) is 10.6 Å². The largest absolute Gasteiger partial charge is 0.452 e. The summed E-state index contributed by atoms with van der Waals surface area (Å²) in [6.07, 6.45) is -3.20. The van der Waals surface area contributed by atoms with Gasteiger partial charge in [-0.15, -0.1) is 0 Å². The Morgan fingerprint density at radius 1 is 0.786 bits per heavy atom. The topological polar surface area (TPSA) is 163 Å². The van der Waals surface area contributed by atoms with Gasteiger partial charge in [0, 0.05) is 7.11 Å². The van der Waals surface area contributed by atoms with Crippen molar-refractivity contribution in [2.24, 2.45) is 0 Å². The van der Waals surface area contributed by atoms with Crippen LogP contribution in [0.4, 0.5) is 0 Å². The molecule has 0 fully saturated rings. The van der Waals surface area contributed by atoms with Gasteiger partial charge in [0.05, 0.1) is 6.67 Å². The summed E-state index contributed by atoms with van der Waals surface area (Å²) in [6.45, 7) is 3.01. The van der Waals surface area contributed by atoms with Crippen molar-refractivity contribution in [3.05, 3.63) is 0 Å². The highest BCUT2D eigenvalue weighted by atomic mass is 16.7. The van der Waals surface area contributed by atoms with Gasteiger partial charge in [-0.3, -0.25) is 28.8 Å². The number of nitrogens with one attached hydrogen (secondary N) is 2. The molecular formula is C16H24N2O10. The van der Waals surface area contributed by atoms with Crippen molar-refractivity contribution in [3.8, 4) is 0 Å². The summed E-state index contributed by atoms with van der Waals surface area (Å²) in [6, 6.07) is 0. The highest BCUT2D eigenvalue weighted by Gasteiger charge is 2.21. The zero-order valence-corrected chi connectivity index (χ0v) is 16.1. The number of Topliss-reactive ketones (excluding diaryl/α,β-unsaturated/α-hetero) is 1. The second-order valence-corrected chi connectivity index (χ2v) is 5.47. The maximum absolute atomic E-state index is 11.7. The Labute approximate surface area is 161 Å². The standard InChI is InChI=1S/C16H24N2O10/c1-9(19)5-12(20)26-8-27-13(21)6-14(22)28-11(3)16(24)18-7-17-15(23)10(2)25-4/h10-11H,5-8H2,1-4H3,(H,17,23)(H,18,24). The van der Waals surface area contributed by atoms with Crippen molar-refractivity contribution in [2.45, 2.75) is 45.8 Å². The smallest absolute Gasteiger partial charge is 0.320 e. The highest BCUT2D eigenvalue weighted by molar-refractivity contribution is 5.94. The number of ketones is 1. The van der Waals surface area contributed by atoms with E-state index in [9.17, 15) is 28.8 Å². The van der Waals surface area contributed by atoms with Crippen molar-refractivity contribution < 1.29 is 47.7 Å². The fourth-order valence-corrected chi connectivity index (χ4v) is 1.49. The molecule has 2 unspecified atom stereocenters. The third-order valence-corrected chi connectivity index (χ3v) is 3.05. The molecule has 2 atom stereocenters. The highest BCUT2D eigenvalue weighted by Crippen LogP contribution is 1.98. The van der Waals surface area contributed by atoms with Crippen molar-refractivity contribution in [1.29, 1.82) is 0 Å². The van der Waals surface area contributed by atoms with E-state index in [2.05, 4.69) is 20.1 Å². The van der Waals surface area contributed by atoms with E-state index < -0.39 is 67.3 Å². The Hall–Kier alpha value is -3.02. The minimum Gasteiger partial charge on any atom is -0.452 e. The minimum absolute atomic E-state index is 0.207. The second kappa shape index (κ2) is 13.2. The molecule has 0 heterocycles. The molecule has 0 aromatic carbocycles. The van der Waals surface area contributed by atoms with Gasteiger partial charge in [0.2, 0.25) is 12.7 Å². The molecule has 28 heavy (non-hydrogen) atoms. The first-order valence-corrected chi connectivity index (χ1v) is 8.15. The van der Waals surface area contributed by atoms with E-state index in [-0.39, 0.29) is 6.67 Å². The number of hydrogen-bond donors (Lipinski definition) is 2. The molecule has 2 amide bonds. The molecule has 0 radical (unpaired) electrons. The average molecular weight is 404 g/mol. The number of ether oxygens (including phenoxy) is 4. The van der Waals surface area contributed by atoms with Crippen LogP contribution in [0.3, 0.4) is 0 Å². The molecule has 0 aliphatic carbocycles. The van der Waals surface area contributed by atoms with Crippen molar-refractivity contribution in [3.63, 3.8) is 0 Å². The van der Waals surface area contributed by atoms with Crippen LogP contribution in [-0.2, 0) is 47.7 Å². The molecule has 0 aliphatic rings. The maximum atomic E-state index is 11.7. The van der Waals surface area contributed by atoms with Crippen LogP contribution >= 0.6 is 0 Å². The maximum Gasteiger partial charge on any atom is 0.320 e. The van der Waals surface area contributed by atoms with Crippen LogP contribution in [0.5, 0.6) is 0 Å². The molecule has 0 saturated heterocycles. The Balaban J connectivity index is 4.07. The molecule has 158 valence electrons. The molecule has 0 aromatic heterocycles. The van der Waals surface area contributed by atoms with Crippen LogP contribution in [0.15, 0.2) is 0 Å². The van der Waals surface area contributed by atoms with Crippen LogP contribution in [-0.4, -0.2) is 68.3 Å². The van der Waals surface area contributed by atoms with Gasteiger partial charge >= 0.3 is 17.9 Å². The molecule has 2 N–H and O–H groups in total. The summed E-state index contributed by atoms with van der Waals surface area (Å²) >= 11 is 0. The van der Waals surface area contributed by atoms with Crippen LogP contribution in [0.25, 0.3) is 0 Å². The predicted octanol–water partition coefficient (Wildman–Crippen LogP) is -1.44. The number of carbonyl (C=O) groups is 6. The molecule has 0 spiro atoms. The van der Waals surface area contributed by atoms with E-state index in [1.807, 2.05) is 0 Å². The molecule has 0 aliphatic heterocycles. The molecular weight excluding hydrogens is 380 g/mol. The molecule has 12 nitrogen and oxygen atoms in total. The molecule has 0 saturated carbocycles. The lowest BCUT2D eigenvalue weighted by Crippen LogP contribution is -2.45. The van der Waals surface area contributed by atoms with Gasteiger partial charge in [-0.05, 0) is 20.8 Å². The van der Waals surface area contributed by atoms with E-state index in [1.54, 1.807) is 0 Å². The van der Waals surface area contributed by atoms with Gasteiger partial charge in [0.1, 0.15) is 24.7 Å². The summed E-state index contributed by atoms with van der Waals surface area (Å²) in [7, 11) is 1.35. The molecule has 12 heteroatoms. The van der Waals surface area contributed by atoms with Crippen LogP contribution in [0, 0.1) is 0 Å². The molecule has 0 aromatic rings. The third kappa shape index (κ3) is 11.6. The van der Waals surface area contributed by atoms with Gasteiger partial charge < -0.3 is 29.6 Å². The fourth-order valence-electron chi connectivity index (χ4n) is 1.49. The summed E-state index contributed by atoms with van der Waals surface area (Å²) in [4.78, 5) is 67.9. The van der Waals surface area contributed by atoms with Crippen molar-refractivity contribution in [2.75, 3.05) is 20.6 Å². The van der Waals surface area contributed by atoms with E-state index in [1.165, 1.54) is 27.9 Å². The number of esters is 3. The normalized spacial score (nSPS) is 12.1. The van der Waals surface area contributed by atoms with Gasteiger partial charge in [-0.1, -0.05) is 0 Å². The summed E-state index contributed by atoms with van der Waals surface area (Å²) in [5, 5.41) is 4.68. The van der Waals surface area contributed by atoms with Gasteiger partial charge in [0.15, 0.2) is 6.10 Å². The monoisotopic (exact) mass is 404 g/mol. The Morgan fingerprint density at radius 3 is 1.79 bits per heavy atom. The van der Waals surface area contributed by atoms with Gasteiger partial charge in [0.25, 0.3) is 5.91 Å². The zero-order valence-electron chi connectivity index (χ0n) is 16.1. The first-order chi connectivity index (χ1) is 13.1. The minimum atomic E-state index is -1.23. The lowest BCUT2D eigenvalue weighted by Gasteiger charge is -2.15. The van der Waals surface area contributed by atoms with E-state index >= 15 is 0 Å². The lowest BCUT2D eigenvalue weighted by atomic mass is 10.3. The van der Waals surface area contributed by atoms with Crippen molar-refractivity contribution >= 4 is 35.5 Å². The predicted molar refractivity (Wildman–Crippen MR) is 90.1 cm³/mol. The van der Waals surface area contributed by atoms with Crippen LogP contribution in [0.2, 0.25) is 0 Å². The quantitative estimate of drug-likeness (QED) is 0.223. The van der Waals surface area contributed by atoms with Gasteiger partial charge in [-0.25, -0.2) is 0 Å². The lowest BCUT2D eigenvalue weighted by molar-refractivity contribution is -0.171. The number of amides is 2. The number of hydrogen-bond acceptors (Lipinski definition) is 10. The third-order valence-electron chi connectivity index (χ3n) is 3.05. The van der Waals surface area contributed by atoms with E-state index in [4.69, 9.17) is 9.47 Å². The summed E-state index contributed by atoms with van der Waals surface area (Å²) < 4.78 is 18.5. The van der Waals surface area contributed by atoms with Crippen LogP contribution in [0.1, 0.15) is 33.6 Å². The Morgan fingerprint density at radius 2 is 1.29 bits per heavy atom. The second-order valence-electron chi connectivity index (χ2n) is 5.47. The summed E-state index contributed by atoms with van der Waals surface area (Å²) in [5.74, 6) is -4.53. The fraction of sp³-hybridized carbons (Fsp3) is 0.625. The Kier molecular flexibility index (Phi) is 11.8. The van der Waals surface area contributed by atoms with E-state index in [0.29, 0.717) is 0 Å². The zero-order chi connectivity index (χ0) is 21.7. The SMILES string of the molecule is COC(C)C(=O)NCNC(=O)C(C)OC(=O)CC(=O)OCOC(=O)CC(C)=O. The van der Waals surface area contributed by atoms with E-state index in [0.717, 1.165) is 0 Å².